The molecule has 1 fully saturated rings. The number of hydrogen-bond donors (Lipinski definition) is 1. The lowest BCUT2D eigenvalue weighted by atomic mass is 10.1. The maximum atomic E-state index is 13.1. The van der Waals surface area contributed by atoms with E-state index in [2.05, 4.69) is 12.2 Å². The van der Waals surface area contributed by atoms with Crippen molar-refractivity contribution in [3.63, 3.8) is 0 Å². The van der Waals surface area contributed by atoms with Crippen molar-refractivity contribution in [2.75, 3.05) is 24.7 Å². The average molecular weight is 449 g/mol. The van der Waals surface area contributed by atoms with Crippen LogP contribution in [0.2, 0.25) is 0 Å². The van der Waals surface area contributed by atoms with E-state index in [1.807, 2.05) is 78.6 Å². The maximum absolute atomic E-state index is 13.1. The highest BCUT2D eigenvalue weighted by Gasteiger charge is 2.31. The zero-order valence-electron chi connectivity index (χ0n) is 18.6. The number of methoxy groups -OCH3 is 1. The van der Waals surface area contributed by atoms with Gasteiger partial charge in [0.15, 0.2) is 11.5 Å². The fraction of sp³-hybridized carbons (Fsp3) is 0.269. The number of aryl methyl sites for hydroxylation is 2. The summed E-state index contributed by atoms with van der Waals surface area (Å²) in [6, 6.07) is 21.8. The predicted octanol–water partition coefficient (Wildman–Crippen LogP) is 6.17. The van der Waals surface area contributed by atoms with Gasteiger partial charge in [0.1, 0.15) is 12.0 Å². The van der Waals surface area contributed by atoms with Gasteiger partial charge in [-0.2, -0.15) is 0 Å². The molecule has 1 unspecified atom stereocenters. The summed E-state index contributed by atoms with van der Waals surface area (Å²) in [4.78, 5) is 14.9. The molecule has 166 valence electrons. The van der Waals surface area contributed by atoms with Crippen LogP contribution in [-0.4, -0.2) is 30.3 Å². The molecule has 1 atom stereocenters. The zero-order valence-corrected chi connectivity index (χ0v) is 19.4. The second-order valence-corrected chi connectivity index (χ2v) is 9.02. The second kappa shape index (κ2) is 10.0. The van der Waals surface area contributed by atoms with Crippen LogP contribution < -0.4 is 14.8 Å². The Morgan fingerprint density at radius 3 is 2.59 bits per heavy atom. The Bertz CT molecular complexity index is 1090. The molecule has 1 saturated heterocycles. The van der Waals surface area contributed by atoms with Crippen molar-refractivity contribution in [3.05, 3.63) is 89.0 Å². The number of urea groups is 1. The minimum absolute atomic E-state index is 0.0773. The van der Waals surface area contributed by atoms with Crippen LogP contribution in [-0.2, 0) is 6.61 Å². The highest BCUT2D eigenvalue weighted by atomic mass is 32.2. The third-order valence-electron chi connectivity index (χ3n) is 5.62. The van der Waals surface area contributed by atoms with Crippen molar-refractivity contribution >= 4 is 23.5 Å². The Hall–Kier alpha value is -3.12. The number of rotatable bonds is 6. The Kier molecular flexibility index (Phi) is 6.90. The van der Waals surface area contributed by atoms with Gasteiger partial charge in [0.25, 0.3) is 0 Å². The molecule has 0 aromatic heterocycles. The van der Waals surface area contributed by atoms with Gasteiger partial charge < -0.3 is 19.7 Å². The molecule has 6 heteroatoms. The fourth-order valence-electron chi connectivity index (χ4n) is 3.66. The van der Waals surface area contributed by atoms with E-state index in [0.717, 1.165) is 28.1 Å². The zero-order chi connectivity index (χ0) is 22.5. The van der Waals surface area contributed by atoms with Crippen molar-refractivity contribution < 1.29 is 14.3 Å². The van der Waals surface area contributed by atoms with E-state index in [-0.39, 0.29) is 11.4 Å². The largest absolute Gasteiger partial charge is 0.493 e. The van der Waals surface area contributed by atoms with E-state index in [0.29, 0.717) is 24.7 Å². The van der Waals surface area contributed by atoms with E-state index in [1.165, 1.54) is 5.56 Å². The van der Waals surface area contributed by atoms with Gasteiger partial charge in [-0.15, -0.1) is 11.8 Å². The summed E-state index contributed by atoms with van der Waals surface area (Å²) < 4.78 is 11.6. The maximum Gasteiger partial charge on any atom is 0.323 e. The SMILES string of the molecule is COc1ccc(C2SCCN2C(=O)Nc2ccc(C)c(C)c2)cc1OCc1ccccc1. The normalized spacial score (nSPS) is 15.5. The van der Waals surface area contributed by atoms with E-state index in [4.69, 9.17) is 9.47 Å². The fourth-order valence-corrected chi connectivity index (χ4v) is 4.91. The summed E-state index contributed by atoms with van der Waals surface area (Å²) in [6.45, 7) is 5.26. The third-order valence-corrected chi connectivity index (χ3v) is 6.88. The molecule has 1 aliphatic rings. The molecule has 3 aromatic rings. The summed E-state index contributed by atoms with van der Waals surface area (Å²) in [7, 11) is 1.64. The Labute approximate surface area is 193 Å². The van der Waals surface area contributed by atoms with Crippen molar-refractivity contribution in [2.24, 2.45) is 0 Å². The molecule has 4 rings (SSSR count). The van der Waals surface area contributed by atoms with E-state index < -0.39 is 0 Å². The van der Waals surface area contributed by atoms with Crippen LogP contribution in [0.3, 0.4) is 0 Å². The molecule has 1 aliphatic heterocycles. The van der Waals surface area contributed by atoms with Gasteiger partial charge >= 0.3 is 6.03 Å². The number of nitrogens with zero attached hydrogens (tertiary/aromatic N) is 1. The number of carbonyl (C=O) groups excluding carboxylic acids is 1. The first-order valence-electron chi connectivity index (χ1n) is 10.7. The smallest absolute Gasteiger partial charge is 0.323 e. The standard InChI is InChI=1S/C26H28N2O3S/c1-18-9-11-22(15-19(18)2)27-26(29)28-13-14-32-25(28)21-10-12-23(30-3)24(16-21)31-17-20-7-5-4-6-8-20/h4-12,15-16,25H,13-14,17H2,1-3H3,(H,27,29). The van der Waals surface area contributed by atoms with Crippen LogP contribution in [0.15, 0.2) is 66.7 Å². The highest BCUT2D eigenvalue weighted by molar-refractivity contribution is 7.99. The Balaban J connectivity index is 1.51. The van der Waals surface area contributed by atoms with Crippen molar-refractivity contribution in [3.8, 4) is 11.5 Å². The van der Waals surface area contributed by atoms with Crippen molar-refractivity contribution in [2.45, 2.75) is 25.8 Å². The van der Waals surface area contributed by atoms with E-state index in [1.54, 1.807) is 18.9 Å². The van der Waals surface area contributed by atoms with Crippen LogP contribution in [0.4, 0.5) is 10.5 Å². The number of anilines is 1. The first-order chi connectivity index (χ1) is 15.5. The quantitative estimate of drug-likeness (QED) is 0.490. The van der Waals surface area contributed by atoms with Gasteiger partial charge in [-0.3, -0.25) is 0 Å². The molecule has 0 saturated carbocycles. The van der Waals surface area contributed by atoms with Crippen molar-refractivity contribution in [1.29, 1.82) is 0 Å². The molecule has 5 nitrogen and oxygen atoms in total. The average Bonchev–Trinajstić information content (AvgIpc) is 3.31. The van der Waals surface area contributed by atoms with Crippen LogP contribution in [0, 0.1) is 13.8 Å². The molecular formula is C26H28N2O3S. The van der Waals surface area contributed by atoms with Gasteiger partial charge in [-0.25, -0.2) is 4.79 Å². The van der Waals surface area contributed by atoms with Crippen LogP contribution >= 0.6 is 11.8 Å². The molecule has 0 spiro atoms. The summed E-state index contributed by atoms with van der Waals surface area (Å²) >= 11 is 1.75. The van der Waals surface area contributed by atoms with Gasteiger partial charge in [-0.1, -0.05) is 42.5 Å². The minimum Gasteiger partial charge on any atom is -0.493 e. The van der Waals surface area contributed by atoms with Gasteiger partial charge in [-0.05, 0) is 60.4 Å². The lowest BCUT2D eigenvalue weighted by Crippen LogP contribution is -2.34. The number of ether oxygens (including phenoxy) is 2. The molecule has 0 radical (unpaired) electrons. The molecule has 0 aliphatic carbocycles. The first-order valence-corrected chi connectivity index (χ1v) is 11.7. The molecule has 3 aromatic carbocycles. The summed E-state index contributed by atoms with van der Waals surface area (Å²) in [5, 5.41) is 2.98. The number of thioether (sulfide) groups is 1. The first kappa shape index (κ1) is 22.1. The summed E-state index contributed by atoms with van der Waals surface area (Å²) in [6.07, 6.45) is 0. The molecule has 1 N–H and O–H groups in total. The summed E-state index contributed by atoms with van der Waals surface area (Å²) in [5.41, 5.74) is 5.29. The number of hydrogen-bond acceptors (Lipinski definition) is 4. The Morgan fingerprint density at radius 2 is 1.84 bits per heavy atom. The molecular weight excluding hydrogens is 420 g/mol. The van der Waals surface area contributed by atoms with Crippen molar-refractivity contribution in [1.82, 2.24) is 4.90 Å². The van der Waals surface area contributed by atoms with Crippen LogP contribution in [0.1, 0.15) is 27.6 Å². The highest BCUT2D eigenvalue weighted by Crippen LogP contribution is 2.41. The van der Waals surface area contributed by atoms with Gasteiger partial charge in [0, 0.05) is 18.0 Å². The monoisotopic (exact) mass is 448 g/mol. The predicted molar refractivity (Wildman–Crippen MR) is 131 cm³/mol. The lowest BCUT2D eigenvalue weighted by Gasteiger charge is -2.25. The molecule has 0 bridgehead atoms. The molecule has 1 heterocycles. The third kappa shape index (κ3) is 5.02. The minimum atomic E-state index is -0.0918. The Morgan fingerprint density at radius 1 is 1.03 bits per heavy atom. The second-order valence-electron chi connectivity index (χ2n) is 7.83. The van der Waals surface area contributed by atoms with Crippen LogP contribution in [0.25, 0.3) is 0 Å². The number of carbonyl (C=O) groups is 1. The van der Waals surface area contributed by atoms with Gasteiger partial charge in [0.2, 0.25) is 0 Å². The number of amides is 2. The van der Waals surface area contributed by atoms with E-state index in [9.17, 15) is 4.79 Å². The summed E-state index contributed by atoms with van der Waals surface area (Å²) in [5.74, 6) is 2.24. The molecule has 2 amide bonds. The lowest BCUT2D eigenvalue weighted by molar-refractivity contribution is 0.214. The number of nitrogens with one attached hydrogen (secondary N) is 1. The van der Waals surface area contributed by atoms with E-state index >= 15 is 0 Å². The molecule has 32 heavy (non-hydrogen) atoms. The van der Waals surface area contributed by atoms with Crippen LogP contribution in [0.5, 0.6) is 11.5 Å². The topological polar surface area (TPSA) is 50.8 Å². The van der Waals surface area contributed by atoms with Gasteiger partial charge in [0.05, 0.1) is 7.11 Å². The number of benzene rings is 3.